The lowest BCUT2D eigenvalue weighted by Crippen LogP contribution is -2.27. The van der Waals surface area contributed by atoms with Crippen LogP contribution in [0.2, 0.25) is 0 Å². The maximum Gasteiger partial charge on any atom is 0.222 e. The van der Waals surface area contributed by atoms with Crippen molar-refractivity contribution in [1.29, 1.82) is 0 Å². The zero-order chi connectivity index (χ0) is 13.0. The first kappa shape index (κ1) is 12.9. The SMILES string of the molecule is CC(C)C(=O)NCc1ccc(N2CCCC2)nc1. The first-order valence-electron chi connectivity index (χ1n) is 6.64. The zero-order valence-electron chi connectivity index (χ0n) is 11.1. The van der Waals surface area contributed by atoms with Crippen LogP contribution in [-0.4, -0.2) is 24.0 Å². The Hall–Kier alpha value is -1.58. The van der Waals surface area contributed by atoms with E-state index in [4.69, 9.17) is 0 Å². The molecule has 1 amide bonds. The number of rotatable bonds is 4. The molecule has 0 unspecified atom stereocenters. The Morgan fingerprint density at radius 2 is 2.11 bits per heavy atom. The van der Waals surface area contributed by atoms with Crippen LogP contribution in [0.1, 0.15) is 32.3 Å². The van der Waals surface area contributed by atoms with E-state index >= 15 is 0 Å². The number of carbonyl (C=O) groups is 1. The van der Waals surface area contributed by atoms with Crippen LogP contribution in [0.25, 0.3) is 0 Å². The van der Waals surface area contributed by atoms with E-state index in [0.29, 0.717) is 6.54 Å². The molecule has 4 heteroatoms. The molecular weight excluding hydrogens is 226 g/mol. The second-order valence-electron chi connectivity index (χ2n) is 5.09. The summed E-state index contributed by atoms with van der Waals surface area (Å²) >= 11 is 0. The monoisotopic (exact) mass is 247 g/mol. The van der Waals surface area contributed by atoms with Crippen molar-refractivity contribution in [3.8, 4) is 0 Å². The Morgan fingerprint density at radius 3 is 2.67 bits per heavy atom. The molecule has 98 valence electrons. The smallest absolute Gasteiger partial charge is 0.222 e. The molecule has 18 heavy (non-hydrogen) atoms. The van der Waals surface area contributed by atoms with Gasteiger partial charge >= 0.3 is 0 Å². The van der Waals surface area contributed by atoms with Crippen LogP contribution in [0, 0.1) is 5.92 Å². The van der Waals surface area contributed by atoms with Crippen molar-refractivity contribution in [2.75, 3.05) is 18.0 Å². The fourth-order valence-corrected chi connectivity index (χ4v) is 2.05. The number of amides is 1. The molecule has 0 bridgehead atoms. The predicted molar refractivity (Wildman–Crippen MR) is 72.4 cm³/mol. The number of nitrogens with one attached hydrogen (secondary N) is 1. The standard InChI is InChI=1S/C14H21N3O/c1-11(2)14(18)16-10-12-5-6-13(15-9-12)17-7-3-4-8-17/h5-6,9,11H,3-4,7-8,10H2,1-2H3,(H,16,18). The van der Waals surface area contributed by atoms with Crippen molar-refractivity contribution in [3.05, 3.63) is 23.9 Å². The molecule has 1 aliphatic heterocycles. The third kappa shape index (κ3) is 3.22. The molecule has 1 saturated heterocycles. The third-order valence-corrected chi connectivity index (χ3v) is 3.23. The summed E-state index contributed by atoms with van der Waals surface area (Å²) in [5.74, 6) is 1.16. The Bertz CT molecular complexity index is 394. The molecular formula is C14H21N3O. The van der Waals surface area contributed by atoms with Gasteiger partial charge in [0.25, 0.3) is 0 Å². The van der Waals surface area contributed by atoms with Gasteiger partial charge in [0.15, 0.2) is 0 Å². The topological polar surface area (TPSA) is 45.2 Å². The number of pyridine rings is 1. The van der Waals surface area contributed by atoms with Crippen molar-refractivity contribution >= 4 is 11.7 Å². The van der Waals surface area contributed by atoms with Gasteiger partial charge in [-0.2, -0.15) is 0 Å². The highest BCUT2D eigenvalue weighted by Gasteiger charge is 2.13. The summed E-state index contributed by atoms with van der Waals surface area (Å²) < 4.78 is 0. The third-order valence-electron chi connectivity index (χ3n) is 3.23. The lowest BCUT2D eigenvalue weighted by molar-refractivity contribution is -0.124. The summed E-state index contributed by atoms with van der Waals surface area (Å²) in [7, 11) is 0. The first-order valence-corrected chi connectivity index (χ1v) is 6.64. The highest BCUT2D eigenvalue weighted by molar-refractivity contribution is 5.77. The second kappa shape index (κ2) is 5.85. The van der Waals surface area contributed by atoms with Crippen LogP contribution >= 0.6 is 0 Å². The van der Waals surface area contributed by atoms with E-state index < -0.39 is 0 Å². The molecule has 0 aromatic carbocycles. The molecule has 1 aromatic rings. The summed E-state index contributed by atoms with van der Waals surface area (Å²) in [6, 6.07) is 4.09. The van der Waals surface area contributed by atoms with E-state index in [0.717, 1.165) is 24.5 Å². The van der Waals surface area contributed by atoms with Crippen LogP contribution in [0.5, 0.6) is 0 Å². The van der Waals surface area contributed by atoms with E-state index in [2.05, 4.69) is 15.2 Å². The summed E-state index contributed by atoms with van der Waals surface area (Å²) in [6.45, 7) is 6.56. The summed E-state index contributed by atoms with van der Waals surface area (Å²) in [6.07, 6.45) is 4.37. The lowest BCUT2D eigenvalue weighted by Gasteiger charge is -2.16. The molecule has 0 atom stereocenters. The summed E-state index contributed by atoms with van der Waals surface area (Å²) in [4.78, 5) is 18.2. The molecule has 1 N–H and O–H groups in total. The Labute approximate surface area is 108 Å². The summed E-state index contributed by atoms with van der Waals surface area (Å²) in [5.41, 5.74) is 1.05. The second-order valence-corrected chi connectivity index (χ2v) is 5.09. The van der Waals surface area contributed by atoms with Crippen LogP contribution in [0.3, 0.4) is 0 Å². The number of hydrogen-bond donors (Lipinski definition) is 1. The maximum atomic E-state index is 11.5. The summed E-state index contributed by atoms with van der Waals surface area (Å²) in [5, 5.41) is 2.89. The van der Waals surface area contributed by atoms with Gasteiger partial charge in [0.1, 0.15) is 5.82 Å². The zero-order valence-corrected chi connectivity index (χ0v) is 11.1. The van der Waals surface area contributed by atoms with Crippen LogP contribution in [0.15, 0.2) is 18.3 Å². The van der Waals surface area contributed by atoms with Crippen molar-refractivity contribution in [2.24, 2.45) is 5.92 Å². The van der Waals surface area contributed by atoms with Crippen LogP contribution < -0.4 is 10.2 Å². The average molecular weight is 247 g/mol. The van der Waals surface area contributed by atoms with E-state index in [1.54, 1.807) is 0 Å². The lowest BCUT2D eigenvalue weighted by atomic mass is 10.2. The normalized spacial score (nSPS) is 15.2. The molecule has 0 radical (unpaired) electrons. The number of carbonyl (C=O) groups excluding carboxylic acids is 1. The molecule has 1 aromatic heterocycles. The van der Waals surface area contributed by atoms with Gasteiger partial charge in [0.05, 0.1) is 0 Å². The van der Waals surface area contributed by atoms with Crippen molar-refractivity contribution in [3.63, 3.8) is 0 Å². The highest BCUT2D eigenvalue weighted by atomic mass is 16.1. The molecule has 2 heterocycles. The first-order chi connectivity index (χ1) is 8.66. The molecule has 0 aliphatic carbocycles. The maximum absolute atomic E-state index is 11.5. The van der Waals surface area contributed by atoms with Gasteiger partial charge in [-0.3, -0.25) is 4.79 Å². The van der Waals surface area contributed by atoms with E-state index in [9.17, 15) is 4.79 Å². The molecule has 4 nitrogen and oxygen atoms in total. The number of hydrogen-bond acceptors (Lipinski definition) is 3. The van der Waals surface area contributed by atoms with Gasteiger partial charge in [0, 0.05) is 31.7 Å². The minimum atomic E-state index is 0.0295. The number of aromatic nitrogens is 1. The predicted octanol–water partition coefficient (Wildman–Crippen LogP) is 1.95. The van der Waals surface area contributed by atoms with Gasteiger partial charge in [0.2, 0.25) is 5.91 Å². The van der Waals surface area contributed by atoms with Gasteiger partial charge in [-0.1, -0.05) is 19.9 Å². The van der Waals surface area contributed by atoms with Gasteiger partial charge in [-0.25, -0.2) is 4.98 Å². The molecule has 0 saturated carbocycles. The van der Waals surface area contributed by atoms with Crippen molar-refractivity contribution < 1.29 is 4.79 Å². The molecule has 1 fully saturated rings. The minimum absolute atomic E-state index is 0.0295. The average Bonchev–Trinajstić information content (AvgIpc) is 2.90. The van der Waals surface area contributed by atoms with Gasteiger partial charge in [-0.05, 0) is 24.5 Å². The number of anilines is 1. The Balaban J connectivity index is 1.89. The fraction of sp³-hybridized carbons (Fsp3) is 0.571. The largest absolute Gasteiger partial charge is 0.357 e. The van der Waals surface area contributed by atoms with Crippen LogP contribution in [0.4, 0.5) is 5.82 Å². The van der Waals surface area contributed by atoms with E-state index in [1.165, 1.54) is 12.8 Å². The molecule has 1 aliphatic rings. The Morgan fingerprint density at radius 1 is 1.39 bits per heavy atom. The van der Waals surface area contributed by atoms with Crippen molar-refractivity contribution in [1.82, 2.24) is 10.3 Å². The molecule has 0 spiro atoms. The van der Waals surface area contributed by atoms with E-state index in [-0.39, 0.29) is 11.8 Å². The molecule has 2 rings (SSSR count). The number of nitrogens with zero attached hydrogens (tertiary/aromatic N) is 2. The quantitative estimate of drug-likeness (QED) is 0.884. The van der Waals surface area contributed by atoms with Gasteiger partial charge < -0.3 is 10.2 Å². The Kier molecular flexibility index (Phi) is 4.18. The van der Waals surface area contributed by atoms with Gasteiger partial charge in [-0.15, -0.1) is 0 Å². The van der Waals surface area contributed by atoms with Crippen LogP contribution in [-0.2, 0) is 11.3 Å². The van der Waals surface area contributed by atoms with Crippen molar-refractivity contribution in [2.45, 2.75) is 33.2 Å². The highest BCUT2D eigenvalue weighted by Crippen LogP contribution is 2.17. The minimum Gasteiger partial charge on any atom is -0.357 e. The van der Waals surface area contributed by atoms with E-state index in [1.807, 2.05) is 32.2 Å². The fourth-order valence-electron chi connectivity index (χ4n) is 2.05.